The molecule has 0 amide bonds. The first kappa shape index (κ1) is 19.1. The Labute approximate surface area is 169 Å². The minimum atomic E-state index is -1.17. The van der Waals surface area contributed by atoms with E-state index in [0.29, 0.717) is 16.1 Å². The van der Waals surface area contributed by atoms with Gasteiger partial charge in [0, 0.05) is 41.7 Å². The van der Waals surface area contributed by atoms with Crippen molar-refractivity contribution in [2.45, 2.75) is 33.2 Å². The molecule has 0 aliphatic heterocycles. The van der Waals surface area contributed by atoms with Crippen molar-refractivity contribution >= 4 is 38.6 Å². The van der Waals surface area contributed by atoms with Crippen molar-refractivity contribution in [1.82, 2.24) is 19.1 Å². The van der Waals surface area contributed by atoms with Crippen molar-refractivity contribution < 1.29 is 9.90 Å². The van der Waals surface area contributed by atoms with E-state index in [1.54, 1.807) is 6.20 Å². The lowest BCUT2D eigenvalue weighted by atomic mass is 10.0. The first-order valence-corrected chi connectivity index (χ1v) is 9.96. The van der Waals surface area contributed by atoms with Gasteiger partial charge in [0.15, 0.2) is 0 Å². The lowest BCUT2D eigenvalue weighted by Gasteiger charge is -2.12. The molecule has 0 aromatic carbocycles. The van der Waals surface area contributed by atoms with Gasteiger partial charge >= 0.3 is 11.7 Å². The minimum absolute atomic E-state index is 0.0300. The molecule has 0 unspecified atom stereocenters. The van der Waals surface area contributed by atoms with Gasteiger partial charge in [0.25, 0.3) is 5.56 Å². The number of hydrogen-bond acceptors (Lipinski definition) is 5. The number of carboxylic acid groups (broad SMARTS) is 1. The predicted molar refractivity (Wildman–Crippen MR) is 112 cm³/mol. The number of aromatic carboxylic acids is 1. The molecule has 2 N–H and O–H groups in total. The van der Waals surface area contributed by atoms with E-state index in [0.717, 1.165) is 26.9 Å². The maximum atomic E-state index is 12.8. The molecule has 0 bridgehead atoms. The third-order valence-corrected chi connectivity index (χ3v) is 6.34. The molecule has 0 aliphatic carbocycles. The number of nitrogens with one attached hydrogen (secondary N) is 1. The highest BCUT2D eigenvalue weighted by atomic mass is 32.1. The maximum Gasteiger partial charge on any atom is 0.337 e. The normalized spacial score (nSPS) is 11.8. The van der Waals surface area contributed by atoms with Crippen molar-refractivity contribution in [2.24, 2.45) is 7.05 Å². The molecule has 4 rings (SSSR count). The first-order chi connectivity index (χ1) is 13.7. The number of aryl methyl sites for hydroxylation is 1. The van der Waals surface area contributed by atoms with E-state index in [2.05, 4.69) is 9.97 Å². The fourth-order valence-corrected chi connectivity index (χ4v) is 5.15. The van der Waals surface area contributed by atoms with Crippen molar-refractivity contribution in [3.63, 3.8) is 0 Å². The van der Waals surface area contributed by atoms with Gasteiger partial charge in [-0.15, -0.1) is 11.3 Å². The Morgan fingerprint density at radius 3 is 2.72 bits per heavy atom. The Kier molecular flexibility index (Phi) is 4.42. The molecule has 4 aromatic rings. The second-order valence-electron chi connectivity index (χ2n) is 7.30. The third-order valence-electron chi connectivity index (χ3n) is 5.15. The Hall–Kier alpha value is -3.20. The second kappa shape index (κ2) is 6.70. The third kappa shape index (κ3) is 2.80. The Balaban J connectivity index is 2.06. The molecule has 150 valence electrons. The molecule has 0 saturated heterocycles. The van der Waals surface area contributed by atoms with E-state index in [9.17, 15) is 19.5 Å². The van der Waals surface area contributed by atoms with Crippen molar-refractivity contribution in [2.75, 3.05) is 0 Å². The number of pyridine rings is 1. The lowest BCUT2D eigenvalue weighted by molar-refractivity contribution is 0.0698. The summed E-state index contributed by atoms with van der Waals surface area (Å²) in [5.74, 6) is -1.17. The molecule has 4 aromatic heterocycles. The van der Waals surface area contributed by atoms with Gasteiger partial charge in [-0.1, -0.05) is 0 Å². The molecule has 0 aliphatic rings. The molecule has 9 heteroatoms. The van der Waals surface area contributed by atoms with Crippen LogP contribution in [-0.2, 0) is 13.5 Å². The minimum Gasteiger partial charge on any atom is -0.478 e. The number of H-pyrrole nitrogens is 1. The van der Waals surface area contributed by atoms with Crippen LogP contribution in [0.25, 0.3) is 21.3 Å². The van der Waals surface area contributed by atoms with E-state index in [4.69, 9.17) is 0 Å². The van der Waals surface area contributed by atoms with Crippen molar-refractivity contribution in [3.8, 4) is 0 Å². The van der Waals surface area contributed by atoms with Crippen molar-refractivity contribution in [1.29, 1.82) is 0 Å². The van der Waals surface area contributed by atoms with Gasteiger partial charge in [0.1, 0.15) is 10.5 Å². The van der Waals surface area contributed by atoms with E-state index < -0.39 is 17.2 Å². The van der Waals surface area contributed by atoms with Gasteiger partial charge < -0.3 is 10.1 Å². The van der Waals surface area contributed by atoms with Crippen LogP contribution in [0.2, 0.25) is 0 Å². The molecular formula is C20H20N4O4S. The zero-order valence-corrected chi connectivity index (χ0v) is 17.3. The van der Waals surface area contributed by atoms with Crippen LogP contribution >= 0.6 is 11.3 Å². The largest absolute Gasteiger partial charge is 0.478 e. The Morgan fingerprint density at radius 1 is 1.34 bits per heavy atom. The molecule has 0 fully saturated rings. The number of aromatic amines is 1. The SMILES string of the molecule is Cc1[nH]c2ncccc2c1Cc1sc2c(c1C(=O)O)c(=O)n(C)c(=O)n2C(C)C. The molecule has 0 radical (unpaired) electrons. The van der Waals surface area contributed by atoms with E-state index in [1.165, 1.54) is 23.0 Å². The summed E-state index contributed by atoms with van der Waals surface area (Å²) in [6.45, 7) is 5.58. The van der Waals surface area contributed by atoms with Crippen LogP contribution in [-0.4, -0.2) is 30.2 Å². The summed E-state index contributed by atoms with van der Waals surface area (Å²) < 4.78 is 2.47. The highest BCUT2D eigenvalue weighted by molar-refractivity contribution is 7.19. The number of fused-ring (bicyclic) bond motifs is 2. The number of carboxylic acids is 1. The first-order valence-electron chi connectivity index (χ1n) is 9.14. The highest BCUT2D eigenvalue weighted by Gasteiger charge is 2.26. The highest BCUT2D eigenvalue weighted by Crippen LogP contribution is 2.34. The number of hydrogen-bond donors (Lipinski definition) is 2. The van der Waals surface area contributed by atoms with Crippen LogP contribution in [0.5, 0.6) is 0 Å². The summed E-state index contributed by atoms with van der Waals surface area (Å²) in [6, 6.07) is 3.54. The summed E-state index contributed by atoms with van der Waals surface area (Å²) in [6.07, 6.45) is 2.02. The lowest BCUT2D eigenvalue weighted by Crippen LogP contribution is -2.38. The Morgan fingerprint density at radius 2 is 2.07 bits per heavy atom. The summed E-state index contributed by atoms with van der Waals surface area (Å²) in [7, 11) is 1.38. The van der Waals surface area contributed by atoms with Crippen molar-refractivity contribution in [3.05, 3.63) is 60.9 Å². The average molecular weight is 412 g/mol. The molecule has 4 heterocycles. The van der Waals surface area contributed by atoms with Gasteiger partial charge in [-0.05, 0) is 38.5 Å². The molecule has 0 saturated carbocycles. The number of nitrogens with zero attached hydrogens (tertiary/aromatic N) is 3. The van der Waals surface area contributed by atoms with Gasteiger partial charge in [0.05, 0.1) is 10.9 Å². The number of aromatic nitrogens is 4. The Bertz CT molecular complexity index is 1400. The van der Waals surface area contributed by atoms with Crippen LogP contribution in [0, 0.1) is 6.92 Å². The second-order valence-corrected chi connectivity index (χ2v) is 8.38. The number of thiophene rings is 1. The number of rotatable bonds is 4. The maximum absolute atomic E-state index is 12.8. The average Bonchev–Trinajstić information content (AvgIpc) is 3.18. The van der Waals surface area contributed by atoms with Crippen LogP contribution in [0.15, 0.2) is 27.9 Å². The predicted octanol–water partition coefficient (Wildman–Crippen LogP) is 2.82. The van der Waals surface area contributed by atoms with E-state index in [-0.39, 0.29) is 17.0 Å². The summed E-state index contributed by atoms with van der Waals surface area (Å²) >= 11 is 1.19. The standard InChI is InChI=1S/C20H20N4O4S/c1-9(2)24-18-15(17(25)23(4)20(24)28)14(19(26)27)13(29-18)8-12-10(3)22-16-11(12)6-5-7-21-16/h5-7,9H,8H2,1-4H3,(H,21,22)(H,26,27). The summed E-state index contributed by atoms with van der Waals surface area (Å²) in [4.78, 5) is 46.1. The fourth-order valence-electron chi connectivity index (χ4n) is 3.73. The zero-order valence-electron chi connectivity index (χ0n) is 16.4. The topological polar surface area (TPSA) is 110 Å². The molecule has 29 heavy (non-hydrogen) atoms. The summed E-state index contributed by atoms with van der Waals surface area (Å²) in [5.41, 5.74) is 1.48. The monoisotopic (exact) mass is 412 g/mol. The van der Waals surface area contributed by atoms with Gasteiger partial charge in [-0.3, -0.25) is 13.9 Å². The van der Waals surface area contributed by atoms with Gasteiger partial charge in [0.2, 0.25) is 0 Å². The zero-order chi connectivity index (χ0) is 21.0. The van der Waals surface area contributed by atoms with Crippen LogP contribution in [0.4, 0.5) is 0 Å². The fraction of sp³-hybridized carbons (Fsp3) is 0.300. The summed E-state index contributed by atoms with van der Waals surface area (Å²) in [5, 5.41) is 10.9. The van der Waals surface area contributed by atoms with E-state index >= 15 is 0 Å². The molecule has 0 atom stereocenters. The quantitative estimate of drug-likeness (QED) is 0.536. The van der Waals surface area contributed by atoms with Crippen LogP contribution in [0.3, 0.4) is 0 Å². The van der Waals surface area contributed by atoms with Crippen LogP contribution < -0.4 is 11.2 Å². The molecular weight excluding hydrogens is 392 g/mol. The van der Waals surface area contributed by atoms with Gasteiger partial charge in [-0.25, -0.2) is 14.6 Å². The molecule has 8 nitrogen and oxygen atoms in total. The van der Waals surface area contributed by atoms with E-state index in [1.807, 2.05) is 32.9 Å². The smallest absolute Gasteiger partial charge is 0.337 e. The number of carbonyl (C=O) groups is 1. The van der Waals surface area contributed by atoms with Gasteiger partial charge in [-0.2, -0.15) is 0 Å². The molecule has 0 spiro atoms. The van der Waals surface area contributed by atoms with Crippen LogP contribution in [0.1, 0.15) is 46.4 Å².